The summed E-state index contributed by atoms with van der Waals surface area (Å²) in [5.41, 5.74) is 3.91. The molecule has 0 saturated carbocycles. The first-order valence-electron chi connectivity index (χ1n) is 8.27. The number of benzene rings is 2. The lowest BCUT2D eigenvalue weighted by Gasteiger charge is -2.16. The predicted octanol–water partition coefficient (Wildman–Crippen LogP) is 5.17. The zero-order valence-corrected chi connectivity index (χ0v) is 15.0. The summed E-state index contributed by atoms with van der Waals surface area (Å²) in [4.78, 5) is 12.9. The summed E-state index contributed by atoms with van der Waals surface area (Å²) in [5.74, 6) is -0.263. The summed E-state index contributed by atoms with van der Waals surface area (Å²) in [5, 5.41) is 10.9. The number of rotatable bonds is 5. The van der Waals surface area contributed by atoms with Crippen molar-refractivity contribution < 1.29 is 4.79 Å². The highest BCUT2D eigenvalue weighted by atomic mass is 35.5. The molecule has 4 nitrogen and oxygen atoms in total. The Bertz CT molecular complexity index is 874. The van der Waals surface area contributed by atoms with Gasteiger partial charge >= 0.3 is 0 Å². The van der Waals surface area contributed by atoms with Gasteiger partial charge in [-0.2, -0.15) is 5.10 Å². The SMILES string of the molecule is CCC(C(=O)Nc1c(-c2ccccc2Cl)n[nH]c1C)c1ccccc1. The fourth-order valence-corrected chi connectivity index (χ4v) is 3.12. The van der Waals surface area contributed by atoms with Crippen LogP contribution in [0.2, 0.25) is 5.02 Å². The zero-order valence-electron chi connectivity index (χ0n) is 14.2. The summed E-state index contributed by atoms with van der Waals surface area (Å²) in [6, 6.07) is 17.3. The Balaban J connectivity index is 1.92. The molecule has 0 aliphatic heterocycles. The van der Waals surface area contributed by atoms with Gasteiger partial charge in [-0.05, 0) is 25.0 Å². The Morgan fingerprint density at radius 1 is 1.16 bits per heavy atom. The van der Waals surface area contributed by atoms with E-state index in [1.165, 1.54) is 0 Å². The molecular weight excluding hydrogens is 334 g/mol. The largest absolute Gasteiger partial charge is 0.322 e. The Morgan fingerprint density at radius 2 is 1.84 bits per heavy atom. The number of hydrogen-bond donors (Lipinski definition) is 2. The number of aromatic nitrogens is 2. The van der Waals surface area contributed by atoms with Crippen molar-refractivity contribution >= 4 is 23.2 Å². The minimum atomic E-state index is -0.213. The third-order valence-corrected chi connectivity index (χ3v) is 4.58. The van der Waals surface area contributed by atoms with E-state index in [2.05, 4.69) is 15.5 Å². The van der Waals surface area contributed by atoms with Gasteiger partial charge in [-0.3, -0.25) is 9.89 Å². The fraction of sp³-hybridized carbons (Fsp3) is 0.200. The topological polar surface area (TPSA) is 57.8 Å². The molecule has 1 amide bonds. The summed E-state index contributed by atoms with van der Waals surface area (Å²) in [6.07, 6.45) is 0.716. The number of anilines is 1. The van der Waals surface area contributed by atoms with Crippen LogP contribution in [0.15, 0.2) is 54.6 Å². The highest BCUT2D eigenvalue weighted by molar-refractivity contribution is 6.33. The molecule has 0 bridgehead atoms. The van der Waals surface area contributed by atoms with Gasteiger partial charge in [0.15, 0.2) is 0 Å². The number of nitrogens with one attached hydrogen (secondary N) is 2. The molecule has 0 spiro atoms. The van der Waals surface area contributed by atoms with Crippen LogP contribution in [0.25, 0.3) is 11.3 Å². The molecule has 0 aliphatic rings. The Hall–Kier alpha value is -2.59. The van der Waals surface area contributed by atoms with E-state index in [0.29, 0.717) is 22.8 Å². The average molecular weight is 354 g/mol. The smallest absolute Gasteiger partial charge is 0.232 e. The van der Waals surface area contributed by atoms with Crippen molar-refractivity contribution in [1.29, 1.82) is 0 Å². The van der Waals surface area contributed by atoms with E-state index < -0.39 is 0 Å². The third-order valence-electron chi connectivity index (χ3n) is 4.25. The maximum Gasteiger partial charge on any atom is 0.232 e. The van der Waals surface area contributed by atoms with Crippen LogP contribution in [0, 0.1) is 6.92 Å². The van der Waals surface area contributed by atoms with Crippen LogP contribution in [-0.4, -0.2) is 16.1 Å². The van der Waals surface area contributed by atoms with E-state index in [-0.39, 0.29) is 11.8 Å². The van der Waals surface area contributed by atoms with E-state index in [4.69, 9.17) is 11.6 Å². The van der Waals surface area contributed by atoms with Gasteiger partial charge in [-0.1, -0.05) is 67.1 Å². The number of nitrogens with zero attached hydrogens (tertiary/aromatic N) is 1. The molecule has 5 heteroatoms. The summed E-state index contributed by atoms with van der Waals surface area (Å²) in [7, 11) is 0. The van der Waals surface area contributed by atoms with Gasteiger partial charge in [0.2, 0.25) is 5.91 Å². The number of aryl methyl sites for hydroxylation is 1. The zero-order chi connectivity index (χ0) is 17.8. The molecule has 25 heavy (non-hydrogen) atoms. The molecule has 1 unspecified atom stereocenters. The molecule has 0 aliphatic carbocycles. The molecular formula is C20H20ClN3O. The van der Waals surface area contributed by atoms with Crippen molar-refractivity contribution in [2.24, 2.45) is 0 Å². The molecule has 0 saturated heterocycles. The van der Waals surface area contributed by atoms with Crippen molar-refractivity contribution in [2.75, 3.05) is 5.32 Å². The molecule has 2 N–H and O–H groups in total. The number of carbonyl (C=O) groups is 1. The first kappa shape index (κ1) is 17.2. The number of H-pyrrole nitrogens is 1. The molecule has 3 rings (SSSR count). The molecule has 128 valence electrons. The maximum atomic E-state index is 12.9. The van der Waals surface area contributed by atoms with Gasteiger partial charge in [0.1, 0.15) is 5.69 Å². The first-order valence-corrected chi connectivity index (χ1v) is 8.65. The van der Waals surface area contributed by atoms with E-state index in [9.17, 15) is 4.79 Å². The molecule has 0 fully saturated rings. The first-order chi connectivity index (χ1) is 12.1. The minimum Gasteiger partial charge on any atom is -0.322 e. The van der Waals surface area contributed by atoms with E-state index in [1.54, 1.807) is 0 Å². The van der Waals surface area contributed by atoms with Crippen LogP contribution in [0.5, 0.6) is 0 Å². The highest BCUT2D eigenvalue weighted by Crippen LogP contribution is 2.34. The minimum absolute atomic E-state index is 0.0495. The van der Waals surface area contributed by atoms with Crippen LogP contribution in [0.1, 0.15) is 30.5 Å². The van der Waals surface area contributed by atoms with Gasteiger partial charge in [0.05, 0.1) is 22.3 Å². The van der Waals surface area contributed by atoms with Crippen molar-refractivity contribution in [1.82, 2.24) is 10.2 Å². The van der Waals surface area contributed by atoms with Gasteiger partial charge < -0.3 is 5.32 Å². The maximum absolute atomic E-state index is 12.9. The van der Waals surface area contributed by atoms with Gasteiger partial charge in [0.25, 0.3) is 0 Å². The average Bonchev–Trinajstić information content (AvgIpc) is 2.97. The number of amides is 1. The second kappa shape index (κ2) is 7.53. The monoisotopic (exact) mass is 353 g/mol. The molecule has 1 atom stereocenters. The van der Waals surface area contributed by atoms with Crippen LogP contribution in [0.4, 0.5) is 5.69 Å². The van der Waals surface area contributed by atoms with Crippen LogP contribution >= 0.6 is 11.6 Å². The number of carbonyl (C=O) groups excluding carboxylic acids is 1. The normalized spacial score (nSPS) is 12.0. The lowest BCUT2D eigenvalue weighted by atomic mass is 9.95. The van der Waals surface area contributed by atoms with Gasteiger partial charge in [-0.15, -0.1) is 0 Å². The number of halogens is 1. The molecule has 2 aromatic carbocycles. The van der Waals surface area contributed by atoms with Crippen molar-refractivity contribution in [2.45, 2.75) is 26.2 Å². The van der Waals surface area contributed by atoms with Gasteiger partial charge in [-0.25, -0.2) is 0 Å². The number of hydrogen-bond acceptors (Lipinski definition) is 2. The number of aromatic amines is 1. The van der Waals surface area contributed by atoms with E-state index in [1.807, 2.05) is 68.4 Å². The second-order valence-corrected chi connectivity index (χ2v) is 6.32. The van der Waals surface area contributed by atoms with E-state index >= 15 is 0 Å². The van der Waals surface area contributed by atoms with E-state index in [0.717, 1.165) is 16.8 Å². The Kier molecular flexibility index (Phi) is 5.19. The molecule has 1 aromatic heterocycles. The molecule has 3 aromatic rings. The summed E-state index contributed by atoms with van der Waals surface area (Å²) >= 11 is 6.30. The van der Waals surface area contributed by atoms with Gasteiger partial charge in [0, 0.05) is 5.56 Å². The lowest BCUT2D eigenvalue weighted by Crippen LogP contribution is -2.21. The van der Waals surface area contributed by atoms with Crippen molar-refractivity contribution in [3.8, 4) is 11.3 Å². The standard InChI is InChI=1S/C20H20ClN3O/c1-3-15(14-9-5-4-6-10-14)20(25)22-18-13(2)23-24-19(18)16-11-7-8-12-17(16)21/h4-12,15H,3H2,1-2H3,(H,22,25)(H,23,24). The van der Waals surface area contributed by atoms with Crippen LogP contribution in [-0.2, 0) is 4.79 Å². The third kappa shape index (κ3) is 3.59. The quantitative estimate of drug-likeness (QED) is 0.664. The summed E-state index contributed by atoms with van der Waals surface area (Å²) < 4.78 is 0. The van der Waals surface area contributed by atoms with Crippen LogP contribution < -0.4 is 5.32 Å². The highest BCUT2D eigenvalue weighted by Gasteiger charge is 2.22. The van der Waals surface area contributed by atoms with Crippen molar-refractivity contribution in [3.05, 3.63) is 70.9 Å². The molecule has 0 radical (unpaired) electrons. The van der Waals surface area contributed by atoms with Crippen LogP contribution in [0.3, 0.4) is 0 Å². The fourth-order valence-electron chi connectivity index (χ4n) is 2.90. The summed E-state index contributed by atoms with van der Waals surface area (Å²) in [6.45, 7) is 3.89. The predicted molar refractivity (Wildman–Crippen MR) is 102 cm³/mol. The lowest BCUT2D eigenvalue weighted by molar-refractivity contribution is -0.117. The Morgan fingerprint density at radius 3 is 2.52 bits per heavy atom. The Labute approximate surface area is 152 Å². The second-order valence-electron chi connectivity index (χ2n) is 5.91. The molecule has 1 heterocycles. The van der Waals surface area contributed by atoms with Crippen molar-refractivity contribution in [3.63, 3.8) is 0 Å².